The molecular weight excluding hydrogens is 336 g/mol. The van der Waals surface area contributed by atoms with E-state index >= 15 is 0 Å². The molecule has 0 aliphatic carbocycles. The first kappa shape index (κ1) is 16.6. The molecule has 1 atom stereocenters. The molecule has 1 amide bonds. The number of likely N-dealkylation sites (tertiary alicyclic amines) is 1. The van der Waals surface area contributed by atoms with Gasteiger partial charge in [-0.15, -0.1) is 0 Å². The zero-order chi connectivity index (χ0) is 16.6. The third-order valence-electron chi connectivity index (χ3n) is 4.47. The lowest BCUT2D eigenvalue weighted by Gasteiger charge is -2.36. The fraction of sp³-hybridized carbons (Fsp3) is 0.786. The van der Waals surface area contributed by atoms with E-state index in [2.05, 4.69) is 14.3 Å². The zero-order valence-electron chi connectivity index (χ0n) is 13.4. The van der Waals surface area contributed by atoms with Crippen molar-refractivity contribution < 1.29 is 13.2 Å². The highest BCUT2D eigenvalue weighted by atomic mass is 32.2. The van der Waals surface area contributed by atoms with Gasteiger partial charge in [0.25, 0.3) is 0 Å². The van der Waals surface area contributed by atoms with Crippen molar-refractivity contribution in [2.75, 3.05) is 36.5 Å². The molecule has 0 bridgehead atoms. The largest absolute Gasteiger partial charge is 0.347 e. The van der Waals surface area contributed by atoms with Crippen molar-refractivity contribution in [3.63, 3.8) is 0 Å². The van der Waals surface area contributed by atoms with Crippen molar-refractivity contribution >= 4 is 32.4 Å². The Labute approximate surface area is 140 Å². The van der Waals surface area contributed by atoms with Crippen LogP contribution < -0.4 is 4.90 Å². The summed E-state index contributed by atoms with van der Waals surface area (Å²) in [7, 11) is -3.03. The van der Waals surface area contributed by atoms with E-state index in [1.807, 2.05) is 11.8 Å². The maximum atomic E-state index is 12.2. The Hall–Kier alpha value is -1.22. The first-order chi connectivity index (χ1) is 10.8. The Kier molecular flexibility index (Phi) is 4.59. The Bertz CT molecular complexity index is 680. The van der Waals surface area contributed by atoms with Crippen molar-refractivity contribution in [2.45, 2.75) is 32.2 Å². The maximum Gasteiger partial charge on any atom is 0.223 e. The van der Waals surface area contributed by atoms with Gasteiger partial charge in [0.2, 0.25) is 11.0 Å². The maximum absolute atomic E-state index is 12.2. The van der Waals surface area contributed by atoms with Crippen LogP contribution in [0.5, 0.6) is 0 Å². The molecule has 0 saturated carbocycles. The van der Waals surface area contributed by atoms with Gasteiger partial charge in [-0.2, -0.15) is 4.37 Å². The highest BCUT2D eigenvalue weighted by Gasteiger charge is 2.37. The highest BCUT2D eigenvalue weighted by Crippen LogP contribution is 2.28. The summed E-state index contributed by atoms with van der Waals surface area (Å²) in [6.07, 6.45) is 3.40. The summed E-state index contributed by atoms with van der Waals surface area (Å²) in [5.74, 6) is 0.952. The van der Waals surface area contributed by atoms with E-state index in [0.717, 1.165) is 36.9 Å². The number of piperidine rings is 1. The van der Waals surface area contributed by atoms with Crippen LogP contribution in [-0.2, 0) is 14.6 Å². The molecule has 0 N–H and O–H groups in total. The third kappa shape index (κ3) is 4.00. The van der Waals surface area contributed by atoms with Crippen molar-refractivity contribution in [3.05, 3.63) is 5.82 Å². The van der Waals surface area contributed by atoms with Gasteiger partial charge in [-0.3, -0.25) is 4.79 Å². The number of sulfone groups is 1. The number of rotatable bonds is 4. The number of amides is 1. The van der Waals surface area contributed by atoms with Crippen LogP contribution >= 0.6 is 11.5 Å². The van der Waals surface area contributed by atoms with Crippen LogP contribution in [0.15, 0.2) is 0 Å². The van der Waals surface area contributed by atoms with Crippen LogP contribution in [0, 0.1) is 12.8 Å². The minimum Gasteiger partial charge on any atom is -0.347 e. The van der Waals surface area contributed by atoms with Gasteiger partial charge < -0.3 is 9.80 Å². The molecule has 7 nitrogen and oxygen atoms in total. The second-order valence-corrected chi connectivity index (χ2v) is 9.47. The Morgan fingerprint density at radius 3 is 2.57 bits per heavy atom. The van der Waals surface area contributed by atoms with Crippen LogP contribution in [0.1, 0.15) is 25.1 Å². The summed E-state index contributed by atoms with van der Waals surface area (Å²) in [4.78, 5) is 20.8. The van der Waals surface area contributed by atoms with Gasteiger partial charge in [0, 0.05) is 49.9 Å². The number of hydrogen-bond acceptors (Lipinski definition) is 7. The van der Waals surface area contributed by atoms with Gasteiger partial charge in [0.05, 0.1) is 5.75 Å². The van der Waals surface area contributed by atoms with E-state index in [9.17, 15) is 13.2 Å². The van der Waals surface area contributed by atoms with E-state index in [-0.39, 0.29) is 23.6 Å². The molecule has 23 heavy (non-hydrogen) atoms. The molecule has 2 aliphatic heterocycles. The van der Waals surface area contributed by atoms with Crippen molar-refractivity contribution in [2.24, 2.45) is 5.92 Å². The standard InChI is InChI=1S/C14H22N4O3S2/c1-10-15-14(22-16-10)17-5-3-12(4-6-17)18-8-11(7-13(18)19)9-23(2,20)21/h11-12H,3-9H2,1-2H3. The molecule has 9 heteroatoms. The summed E-state index contributed by atoms with van der Waals surface area (Å²) < 4.78 is 27.1. The lowest BCUT2D eigenvalue weighted by Crippen LogP contribution is -2.45. The Morgan fingerprint density at radius 1 is 1.30 bits per heavy atom. The topological polar surface area (TPSA) is 83.5 Å². The molecule has 1 unspecified atom stereocenters. The van der Waals surface area contributed by atoms with Gasteiger partial charge in [-0.05, 0) is 25.7 Å². The predicted octanol–water partition coefficient (Wildman–Crippen LogP) is 0.708. The molecule has 2 aliphatic rings. The fourth-order valence-corrected chi connectivity index (χ4v) is 5.29. The van der Waals surface area contributed by atoms with Crippen molar-refractivity contribution in [1.29, 1.82) is 0 Å². The summed E-state index contributed by atoms with van der Waals surface area (Å²) >= 11 is 1.41. The van der Waals surface area contributed by atoms with E-state index in [1.54, 1.807) is 0 Å². The Morgan fingerprint density at radius 2 is 2.00 bits per heavy atom. The minimum atomic E-state index is -3.03. The van der Waals surface area contributed by atoms with Gasteiger partial charge in [-0.1, -0.05) is 0 Å². The molecule has 0 spiro atoms. The number of carbonyl (C=O) groups is 1. The second-order valence-electron chi connectivity index (χ2n) is 6.55. The molecule has 0 radical (unpaired) electrons. The number of anilines is 1. The first-order valence-electron chi connectivity index (χ1n) is 7.84. The van der Waals surface area contributed by atoms with Gasteiger partial charge in [0.15, 0.2) is 0 Å². The normalized spacial score (nSPS) is 23.7. The van der Waals surface area contributed by atoms with Crippen LogP contribution in [0.3, 0.4) is 0 Å². The number of carbonyl (C=O) groups excluding carboxylic acids is 1. The van der Waals surface area contributed by atoms with Gasteiger partial charge >= 0.3 is 0 Å². The predicted molar refractivity (Wildman–Crippen MR) is 89.4 cm³/mol. The quantitative estimate of drug-likeness (QED) is 0.788. The second kappa shape index (κ2) is 6.35. The molecule has 1 aromatic heterocycles. The summed E-state index contributed by atoms with van der Waals surface area (Å²) in [6, 6.07) is 0.220. The summed E-state index contributed by atoms with van der Waals surface area (Å²) in [5.41, 5.74) is 0. The number of aryl methyl sites for hydroxylation is 1. The average molecular weight is 358 g/mol. The molecule has 2 fully saturated rings. The number of hydrogen-bond donors (Lipinski definition) is 0. The lowest BCUT2D eigenvalue weighted by molar-refractivity contribution is -0.130. The summed E-state index contributed by atoms with van der Waals surface area (Å²) in [6.45, 7) is 4.19. The number of aromatic nitrogens is 2. The molecule has 0 aromatic carbocycles. The average Bonchev–Trinajstić information content (AvgIpc) is 3.03. The highest BCUT2D eigenvalue weighted by molar-refractivity contribution is 7.90. The fourth-order valence-electron chi connectivity index (χ4n) is 3.48. The number of nitrogens with zero attached hydrogens (tertiary/aromatic N) is 4. The third-order valence-corrected chi connectivity index (χ3v) is 6.41. The lowest BCUT2D eigenvalue weighted by atomic mass is 10.0. The monoisotopic (exact) mass is 358 g/mol. The van der Waals surface area contributed by atoms with E-state index in [4.69, 9.17) is 0 Å². The SMILES string of the molecule is Cc1nsc(N2CCC(N3CC(CS(C)(=O)=O)CC3=O)CC2)n1. The molecule has 3 heterocycles. The smallest absolute Gasteiger partial charge is 0.223 e. The first-order valence-corrected chi connectivity index (χ1v) is 10.7. The molecule has 2 saturated heterocycles. The van der Waals surface area contributed by atoms with Gasteiger partial charge in [-0.25, -0.2) is 13.4 Å². The van der Waals surface area contributed by atoms with Crippen LogP contribution in [0.4, 0.5) is 5.13 Å². The Balaban J connectivity index is 1.56. The minimum absolute atomic E-state index is 0.0543. The molecule has 128 valence electrons. The van der Waals surface area contributed by atoms with E-state index in [0.29, 0.717) is 13.0 Å². The van der Waals surface area contributed by atoms with Crippen molar-refractivity contribution in [3.8, 4) is 0 Å². The van der Waals surface area contributed by atoms with Crippen LogP contribution in [0.2, 0.25) is 0 Å². The van der Waals surface area contributed by atoms with Crippen LogP contribution in [0.25, 0.3) is 0 Å². The molecule has 3 rings (SSSR count). The van der Waals surface area contributed by atoms with Gasteiger partial charge in [0.1, 0.15) is 15.7 Å². The van der Waals surface area contributed by atoms with Crippen molar-refractivity contribution in [1.82, 2.24) is 14.3 Å². The summed E-state index contributed by atoms with van der Waals surface area (Å²) in [5, 5.41) is 0.948. The molecule has 1 aromatic rings. The van der Waals surface area contributed by atoms with E-state index in [1.165, 1.54) is 17.8 Å². The van der Waals surface area contributed by atoms with Crippen LogP contribution in [-0.4, -0.2) is 66.3 Å². The van der Waals surface area contributed by atoms with E-state index < -0.39 is 9.84 Å². The zero-order valence-corrected chi connectivity index (χ0v) is 15.1. The molecular formula is C14H22N4O3S2.